The van der Waals surface area contributed by atoms with Crippen LogP contribution in [-0.4, -0.2) is 68.6 Å². The Morgan fingerprint density at radius 1 is 1.33 bits per heavy atom. The molecule has 2 atom stereocenters. The van der Waals surface area contributed by atoms with E-state index in [0.29, 0.717) is 39.1 Å². The Bertz CT molecular complexity index is 739. The first kappa shape index (κ1) is 18.1. The Hall–Kier alpha value is -2.32. The summed E-state index contributed by atoms with van der Waals surface area (Å²) in [6.07, 6.45) is 11.8. The van der Waals surface area contributed by atoms with Crippen molar-refractivity contribution in [2.24, 2.45) is 0 Å². The van der Waals surface area contributed by atoms with Crippen molar-refractivity contribution >= 4 is 5.91 Å². The van der Waals surface area contributed by atoms with Gasteiger partial charge in [-0.25, -0.2) is 9.97 Å². The van der Waals surface area contributed by atoms with Crippen molar-refractivity contribution in [3.05, 3.63) is 42.7 Å². The minimum absolute atomic E-state index is 0.102. The lowest BCUT2D eigenvalue weighted by Gasteiger charge is -2.32. The van der Waals surface area contributed by atoms with Crippen molar-refractivity contribution in [1.29, 1.82) is 0 Å². The fraction of sp³-hybridized carbons (Fsp3) is 0.579. The van der Waals surface area contributed by atoms with Gasteiger partial charge < -0.3 is 14.4 Å². The molecule has 27 heavy (non-hydrogen) atoms. The first-order valence-corrected chi connectivity index (χ1v) is 9.47. The molecule has 2 fully saturated rings. The summed E-state index contributed by atoms with van der Waals surface area (Å²) in [7, 11) is 0. The number of hydrogen-bond acceptors (Lipinski definition) is 6. The summed E-state index contributed by atoms with van der Waals surface area (Å²) in [6, 6.07) is 1.91. The predicted molar refractivity (Wildman–Crippen MR) is 96.8 cm³/mol. The molecule has 2 aromatic rings. The van der Waals surface area contributed by atoms with Crippen LogP contribution in [0.4, 0.5) is 0 Å². The summed E-state index contributed by atoms with van der Waals surface area (Å²) in [6.45, 7) is 3.02. The van der Waals surface area contributed by atoms with Gasteiger partial charge in [-0.15, -0.1) is 0 Å². The van der Waals surface area contributed by atoms with E-state index in [1.165, 1.54) is 6.33 Å². The molecule has 4 heterocycles. The zero-order valence-corrected chi connectivity index (χ0v) is 15.4. The van der Waals surface area contributed by atoms with Gasteiger partial charge in [0.25, 0.3) is 0 Å². The fourth-order valence-electron chi connectivity index (χ4n) is 3.85. The van der Waals surface area contributed by atoms with Gasteiger partial charge in [0.05, 0.1) is 32.4 Å². The molecule has 0 radical (unpaired) electrons. The molecule has 2 aliphatic heterocycles. The number of aromatic nitrogens is 4. The van der Waals surface area contributed by atoms with E-state index in [4.69, 9.17) is 9.47 Å². The van der Waals surface area contributed by atoms with Gasteiger partial charge in [0, 0.05) is 37.8 Å². The highest BCUT2D eigenvalue weighted by Gasteiger charge is 2.44. The number of hydrogen-bond donors (Lipinski definition) is 0. The van der Waals surface area contributed by atoms with Crippen molar-refractivity contribution in [3.8, 4) is 0 Å². The number of aryl methyl sites for hydroxylation is 1. The first-order valence-electron chi connectivity index (χ1n) is 9.47. The van der Waals surface area contributed by atoms with Gasteiger partial charge in [-0.2, -0.15) is 5.10 Å². The molecule has 0 aliphatic carbocycles. The molecule has 1 amide bonds. The standard InChI is InChI=1S/C19H25N5O3/c25-18(3-2-16-10-20-15-21-11-16)23-8-9-26-14-19(13-23)5-4-17(27-19)12-24-7-1-6-22-24/h1,6-7,10-11,15,17H,2-5,8-9,12-14H2/t17?,19-/m0/s1. The van der Waals surface area contributed by atoms with Gasteiger partial charge in [-0.05, 0) is 30.9 Å². The van der Waals surface area contributed by atoms with Crippen LogP contribution in [0.1, 0.15) is 24.8 Å². The fourth-order valence-corrected chi connectivity index (χ4v) is 3.85. The van der Waals surface area contributed by atoms with Crippen LogP contribution in [0.2, 0.25) is 0 Å². The van der Waals surface area contributed by atoms with E-state index in [0.717, 1.165) is 24.9 Å². The van der Waals surface area contributed by atoms with Crippen molar-refractivity contribution in [1.82, 2.24) is 24.6 Å². The Labute approximate surface area is 158 Å². The van der Waals surface area contributed by atoms with Crippen LogP contribution in [0.3, 0.4) is 0 Å². The number of amides is 1. The Morgan fingerprint density at radius 3 is 3.04 bits per heavy atom. The van der Waals surface area contributed by atoms with Crippen molar-refractivity contribution in [2.45, 2.75) is 43.9 Å². The minimum Gasteiger partial charge on any atom is -0.377 e. The number of carbonyl (C=O) groups is 1. The summed E-state index contributed by atoms with van der Waals surface area (Å²) >= 11 is 0. The van der Waals surface area contributed by atoms with E-state index < -0.39 is 5.60 Å². The molecule has 1 spiro atoms. The van der Waals surface area contributed by atoms with Crippen LogP contribution >= 0.6 is 0 Å². The van der Waals surface area contributed by atoms with Gasteiger partial charge in [0.15, 0.2) is 0 Å². The Balaban J connectivity index is 1.35. The predicted octanol–water partition coefficient (Wildman–Crippen LogP) is 1.08. The quantitative estimate of drug-likeness (QED) is 0.782. The van der Waals surface area contributed by atoms with E-state index in [-0.39, 0.29) is 12.0 Å². The average Bonchev–Trinajstić information content (AvgIpc) is 3.28. The molecule has 0 N–H and O–H groups in total. The maximum Gasteiger partial charge on any atom is 0.223 e. The van der Waals surface area contributed by atoms with E-state index in [2.05, 4.69) is 15.1 Å². The summed E-state index contributed by atoms with van der Waals surface area (Å²) in [5.41, 5.74) is 0.572. The lowest BCUT2D eigenvalue weighted by Crippen LogP contribution is -2.47. The SMILES string of the molecule is O=C(CCc1cncnc1)N1CCOC[C@]2(CCC(Cn3cccn3)O2)C1. The van der Waals surface area contributed by atoms with Crippen molar-refractivity contribution < 1.29 is 14.3 Å². The number of ether oxygens (including phenoxy) is 2. The molecule has 2 saturated heterocycles. The molecule has 0 aromatic carbocycles. The van der Waals surface area contributed by atoms with Crippen LogP contribution in [0, 0.1) is 0 Å². The Kier molecular flexibility index (Phi) is 5.45. The molecule has 1 unspecified atom stereocenters. The highest BCUT2D eigenvalue weighted by Crippen LogP contribution is 2.33. The van der Waals surface area contributed by atoms with Crippen LogP contribution in [-0.2, 0) is 27.2 Å². The van der Waals surface area contributed by atoms with Crippen molar-refractivity contribution in [3.63, 3.8) is 0 Å². The van der Waals surface area contributed by atoms with E-state index in [9.17, 15) is 4.79 Å². The molecule has 4 rings (SSSR count). The van der Waals surface area contributed by atoms with Crippen LogP contribution in [0.25, 0.3) is 0 Å². The highest BCUT2D eigenvalue weighted by molar-refractivity contribution is 5.76. The zero-order valence-electron chi connectivity index (χ0n) is 15.4. The molecule has 2 aromatic heterocycles. The van der Waals surface area contributed by atoms with Crippen LogP contribution < -0.4 is 0 Å². The highest BCUT2D eigenvalue weighted by atomic mass is 16.6. The van der Waals surface area contributed by atoms with Crippen molar-refractivity contribution in [2.75, 3.05) is 26.3 Å². The maximum atomic E-state index is 12.8. The molecule has 2 aliphatic rings. The smallest absolute Gasteiger partial charge is 0.223 e. The minimum atomic E-state index is -0.403. The molecular weight excluding hydrogens is 346 g/mol. The summed E-state index contributed by atoms with van der Waals surface area (Å²) in [4.78, 5) is 22.7. The third kappa shape index (κ3) is 4.51. The lowest BCUT2D eigenvalue weighted by molar-refractivity contribution is -0.136. The third-order valence-corrected chi connectivity index (χ3v) is 5.23. The van der Waals surface area contributed by atoms with E-state index in [1.807, 2.05) is 21.8 Å². The van der Waals surface area contributed by atoms with E-state index >= 15 is 0 Å². The summed E-state index contributed by atoms with van der Waals surface area (Å²) < 4.78 is 14.1. The first-order chi connectivity index (χ1) is 13.2. The maximum absolute atomic E-state index is 12.8. The monoisotopic (exact) mass is 371 g/mol. The van der Waals surface area contributed by atoms with Crippen LogP contribution in [0.15, 0.2) is 37.2 Å². The number of rotatable bonds is 5. The second-order valence-corrected chi connectivity index (χ2v) is 7.30. The second kappa shape index (κ2) is 8.14. The molecule has 8 heteroatoms. The summed E-state index contributed by atoms with van der Waals surface area (Å²) in [5.74, 6) is 0.128. The van der Waals surface area contributed by atoms with Gasteiger partial charge in [0.2, 0.25) is 5.91 Å². The zero-order chi connectivity index (χ0) is 18.5. The average molecular weight is 371 g/mol. The van der Waals surface area contributed by atoms with Gasteiger partial charge in [-0.3, -0.25) is 9.48 Å². The second-order valence-electron chi connectivity index (χ2n) is 7.30. The van der Waals surface area contributed by atoms with E-state index in [1.54, 1.807) is 18.6 Å². The molecule has 0 saturated carbocycles. The molecule has 0 bridgehead atoms. The molecule has 8 nitrogen and oxygen atoms in total. The van der Waals surface area contributed by atoms with Gasteiger partial charge in [-0.1, -0.05) is 0 Å². The van der Waals surface area contributed by atoms with Gasteiger partial charge >= 0.3 is 0 Å². The van der Waals surface area contributed by atoms with Crippen LogP contribution in [0.5, 0.6) is 0 Å². The normalized spacial score (nSPS) is 25.6. The summed E-state index contributed by atoms with van der Waals surface area (Å²) in [5, 5.41) is 4.26. The number of nitrogens with zero attached hydrogens (tertiary/aromatic N) is 5. The lowest BCUT2D eigenvalue weighted by atomic mass is 9.99. The molecular formula is C19H25N5O3. The van der Waals surface area contributed by atoms with Gasteiger partial charge in [0.1, 0.15) is 11.9 Å². The third-order valence-electron chi connectivity index (χ3n) is 5.23. The number of carbonyl (C=O) groups excluding carboxylic acids is 1. The Morgan fingerprint density at radius 2 is 2.22 bits per heavy atom. The topological polar surface area (TPSA) is 82.4 Å². The molecule has 144 valence electrons. The largest absolute Gasteiger partial charge is 0.377 e.